The molecule has 1 saturated carbocycles. The molecule has 0 aromatic carbocycles. The Bertz CT molecular complexity index is 438. The van der Waals surface area contributed by atoms with E-state index in [1.807, 2.05) is 0 Å². The predicted octanol–water partition coefficient (Wildman–Crippen LogP) is 3.13. The summed E-state index contributed by atoms with van der Waals surface area (Å²) in [7, 11) is 0. The summed E-state index contributed by atoms with van der Waals surface area (Å²) in [4.78, 5) is 21.9. The quantitative estimate of drug-likeness (QED) is 0.798. The fourth-order valence-corrected chi connectivity index (χ4v) is 5.11. The van der Waals surface area contributed by atoms with Crippen molar-refractivity contribution in [2.45, 2.75) is 58.2 Å². The van der Waals surface area contributed by atoms with Crippen molar-refractivity contribution >= 4 is 23.7 Å². The van der Waals surface area contributed by atoms with Crippen molar-refractivity contribution in [3.05, 3.63) is 0 Å². The summed E-state index contributed by atoms with van der Waals surface area (Å²) in [6.07, 6.45) is 2.24. The predicted molar refractivity (Wildman–Crippen MR) is 84.3 cm³/mol. The Hall–Kier alpha value is -0.750. The van der Waals surface area contributed by atoms with E-state index in [-0.39, 0.29) is 5.92 Å². The van der Waals surface area contributed by atoms with Crippen LogP contribution in [0.2, 0.25) is 0 Å². The molecule has 1 aliphatic heterocycles. The Morgan fingerprint density at radius 3 is 2.59 bits per heavy atom. The molecule has 3 unspecified atom stereocenters. The van der Waals surface area contributed by atoms with Gasteiger partial charge in [-0.15, -0.1) is 11.8 Å². The van der Waals surface area contributed by atoms with Crippen LogP contribution in [0.1, 0.15) is 47.0 Å². The summed E-state index contributed by atoms with van der Waals surface area (Å²) in [5, 5.41) is 9.87. The standard InChI is InChI=1S/C16H26O5S/c1-9(2)12-6-5-10(3)7-13(12)16(15(18)19)21-14(8-22-16)20-11(4)17/h9-10,12-14H,5-8H2,1-4H3,(H,18,19)/t10?,12?,13?,14-,16-/m1/s1. The van der Waals surface area contributed by atoms with Gasteiger partial charge in [-0.1, -0.05) is 27.2 Å². The lowest BCUT2D eigenvalue weighted by Crippen LogP contribution is -2.50. The molecule has 0 aromatic rings. The van der Waals surface area contributed by atoms with Crippen LogP contribution in [0.15, 0.2) is 0 Å². The third kappa shape index (κ3) is 3.43. The summed E-state index contributed by atoms with van der Waals surface area (Å²) >= 11 is 1.28. The molecule has 0 aromatic heterocycles. The maximum absolute atomic E-state index is 12.0. The molecule has 1 heterocycles. The van der Waals surface area contributed by atoms with Crippen molar-refractivity contribution in [3.63, 3.8) is 0 Å². The van der Waals surface area contributed by atoms with Gasteiger partial charge in [0.2, 0.25) is 11.2 Å². The highest BCUT2D eigenvalue weighted by molar-refractivity contribution is 8.01. The molecule has 5 atom stereocenters. The number of rotatable bonds is 4. The smallest absolute Gasteiger partial charge is 0.347 e. The van der Waals surface area contributed by atoms with Gasteiger partial charge in [0.05, 0.1) is 5.75 Å². The second kappa shape index (κ2) is 6.79. The molecule has 1 aliphatic carbocycles. The Kier molecular flexibility index (Phi) is 5.43. The lowest BCUT2D eigenvalue weighted by atomic mass is 9.67. The van der Waals surface area contributed by atoms with Gasteiger partial charge in [-0.3, -0.25) is 4.79 Å². The Labute approximate surface area is 136 Å². The molecule has 126 valence electrons. The highest BCUT2D eigenvalue weighted by atomic mass is 32.2. The second-order valence-corrected chi connectivity index (χ2v) is 8.10. The number of thioether (sulfide) groups is 1. The van der Waals surface area contributed by atoms with Gasteiger partial charge in [0, 0.05) is 12.8 Å². The van der Waals surface area contributed by atoms with E-state index < -0.39 is 23.2 Å². The Morgan fingerprint density at radius 1 is 1.36 bits per heavy atom. The van der Waals surface area contributed by atoms with Crippen LogP contribution in [0.5, 0.6) is 0 Å². The summed E-state index contributed by atoms with van der Waals surface area (Å²) < 4.78 is 10.9. The number of ether oxygens (including phenoxy) is 2. The minimum absolute atomic E-state index is 0.0562. The third-order valence-electron chi connectivity index (χ3n) is 4.85. The number of esters is 1. The SMILES string of the molecule is CC(=O)O[C@H]1CS[C@@](C(=O)O)(C2CC(C)CCC2C(C)C)O1. The summed E-state index contributed by atoms with van der Waals surface area (Å²) in [6.45, 7) is 7.77. The van der Waals surface area contributed by atoms with Gasteiger partial charge in [-0.25, -0.2) is 4.79 Å². The van der Waals surface area contributed by atoms with Crippen LogP contribution in [0.4, 0.5) is 0 Å². The molecule has 2 aliphatic rings. The van der Waals surface area contributed by atoms with Gasteiger partial charge in [0.25, 0.3) is 0 Å². The molecular formula is C16H26O5S. The van der Waals surface area contributed by atoms with Crippen molar-refractivity contribution in [3.8, 4) is 0 Å². The fourth-order valence-electron chi connectivity index (χ4n) is 3.80. The van der Waals surface area contributed by atoms with E-state index >= 15 is 0 Å². The van der Waals surface area contributed by atoms with Gasteiger partial charge < -0.3 is 14.6 Å². The zero-order valence-electron chi connectivity index (χ0n) is 13.7. The highest BCUT2D eigenvalue weighted by Gasteiger charge is 2.57. The van der Waals surface area contributed by atoms with Gasteiger partial charge >= 0.3 is 11.9 Å². The number of carbonyl (C=O) groups excluding carboxylic acids is 1. The van der Waals surface area contributed by atoms with Crippen LogP contribution < -0.4 is 0 Å². The first-order valence-electron chi connectivity index (χ1n) is 7.98. The first kappa shape index (κ1) is 17.6. The van der Waals surface area contributed by atoms with Gasteiger partial charge in [0.1, 0.15) is 0 Å². The van der Waals surface area contributed by atoms with Crippen molar-refractivity contribution in [2.24, 2.45) is 23.7 Å². The van der Waals surface area contributed by atoms with Crippen LogP contribution in [-0.2, 0) is 19.1 Å². The van der Waals surface area contributed by atoms with Crippen molar-refractivity contribution < 1.29 is 24.2 Å². The van der Waals surface area contributed by atoms with E-state index in [1.165, 1.54) is 18.7 Å². The maximum Gasteiger partial charge on any atom is 0.347 e. The molecule has 6 heteroatoms. The topological polar surface area (TPSA) is 72.8 Å². The number of aliphatic carboxylic acids is 1. The molecule has 0 bridgehead atoms. The zero-order valence-corrected chi connectivity index (χ0v) is 14.5. The lowest BCUT2D eigenvalue weighted by molar-refractivity contribution is -0.204. The molecule has 5 nitrogen and oxygen atoms in total. The number of carbonyl (C=O) groups is 2. The molecule has 0 amide bonds. The second-order valence-electron chi connectivity index (χ2n) is 6.87. The largest absolute Gasteiger partial charge is 0.478 e. The van der Waals surface area contributed by atoms with E-state index in [0.717, 1.165) is 19.3 Å². The van der Waals surface area contributed by atoms with E-state index in [1.54, 1.807) is 0 Å². The average Bonchev–Trinajstić information content (AvgIpc) is 2.82. The molecule has 2 fully saturated rings. The van der Waals surface area contributed by atoms with Crippen LogP contribution in [-0.4, -0.2) is 34.0 Å². The van der Waals surface area contributed by atoms with E-state index in [4.69, 9.17) is 9.47 Å². The zero-order chi connectivity index (χ0) is 16.5. The average molecular weight is 330 g/mol. The lowest BCUT2D eigenvalue weighted by Gasteiger charge is -2.44. The highest BCUT2D eigenvalue weighted by Crippen LogP contribution is 2.52. The summed E-state index contributed by atoms with van der Waals surface area (Å²) in [5.41, 5.74) is 0. The molecular weight excluding hydrogens is 304 g/mol. The monoisotopic (exact) mass is 330 g/mol. The maximum atomic E-state index is 12.0. The molecule has 1 N–H and O–H groups in total. The minimum atomic E-state index is -1.29. The third-order valence-corrected chi connectivity index (χ3v) is 6.29. The normalized spacial score (nSPS) is 39.0. The van der Waals surface area contributed by atoms with E-state index in [2.05, 4.69) is 20.8 Å². The van der Waals surface area contributed by atoms with Gasteiger partial charge in [-0.2, -0.15) is 0 Å². The van der Waals surface area contributed by atoms with Gasteiger partial charge in [-0.05, 0) is 30.6 Å². The first-order valence-corrected chi connectivity index (χ1v) is 8.97. The Morgan fingerprint density at radius 2 is 2.05 bits per heavy atom. The van der Waals surface area contributed by atoms with Crippen molar-refractivity contribution in [2.75, 3.05) is 5.75 Å². The minimum Gasteiger partial charge on any atom is -0.478 e. The van der Waals surface area contributed by atoms with Crippen LogP contribution >= 0.6 is 11.8 Å². The number of carboxylic acids is 1. The van der Waals surface area contributed by atoms with Crippen molar-refractivity contribution in [1.29, 1.82) is 0 Å². The van der Waals surface area contributed by atoms with Crippen LogP contribution in [0.3, 0.4) is 0 Å². The van der Waals surface area contributed by atoms with E-state index in [0.29, 0.717) is 23.5 Å². The van der Waals surface area contributed by atoms with Gasteiger partial charge in [0.15, 0.2) is 0 Å². The molecule has 22 heavy (non-hydrogen) atoms. The first-order chi connectivity index (χ1) is 10.3. The molecule has 2 rings (SSSR count). The van der Waals surface area contributed by atoms with Crippen molar-refractivity contribution in [1.82, 2.24) is 0 Å². The number of carboxylic acid groups (broad SMARTS) is 1. The summed E-state index contributed by atoms with van der Waals surface area (Å²) in [6, 6.07) is 0. The van der Waals surface area contributed by atoms with E-state index in [9.17, 15) is 14.7 Å². The fraction of sp³-hybridized carbons (Fsp3) is 0.875. The number of hydrogen-bond donors (Lipinski definition) is 1. The molecule has 1 saturated heterocycles. The number of hydrogen-bond acceptors (Lipinski definition) is 5. The van der Waals surface area contributed by atoms with Crippen LogP contribution in [0.25, 0.3) is 0 Å². The molecule has 0 radical (unpaired) electrons. The molecule has 0 spiro atoms. The van der Waals surface area contributed by atoms with Crippen LogP contribution in [0, 0.1) is 23.7 Å². The summed E-state index contributed by atoms with van der Waals surface area (Å²) in [5.74, 6) is 0.150. The Balaban J connectivity index is 2.26.